The molecule has 1 saturated heterocycles. The van der Waals surface area contributed by atoms with Gasteiger partial charge in [0, 0.05) is 13.2 Å². The van der Waals surface area contributed by atoms with E-state index in [1.165, 1.54) is 0 Å². The van der Waals surface area contributed by atoms with E-state index < -0.39 is 5.97 Å². The Hall–Kier alpha value is -1.78. The second kappa shape index (κ2) is 6.59. The molecule has 3 N–H and O–H groups in total. The molecule has 6 nitrogen and oxygen atoms in total. The maximum atomic E-state index is 11.8. The van der Waals surface area contributed by atoms with Crippen molar-refractivity contribution in [1.82, 2.24) is 0 Å². The maximum Gasteiger partial charge on any atom is 0.350 e. The summed E-state index contributed by atoms with van der Waals surface area (Å²) in [7, 11) is 0. The molecule has 1 fully saturated rings. The van der Waals surface area contributed by atoms with Gasteiger partial charge in [0.05, 0.1) is 18.4 Å². The number of hydrogen-bond donors (Lipinski definition) is 2. The van der Waals surface area contributed by atoms with Crippen molar-refractivity contribution in [2.24, 2.45) is 0 Å². The number of carbonyl (C=O) groups is 1. The third-order valence-electron chi connectivity index (χ3n) is 3.03. The van der Waals surface area contributed by atoms with Crippen LogP contribution in [0.1, 0.15) is 35.0 Å². The molecule has 1 aromatic heterocycles. The number of nitrogen functional groups attached to an aromatic ring is 1. The Kier molecular flexibility index (Phi) is 4.82. The smallest absolute Gasteiger partial charge is 0.350 e. The van der Waals surface area contributed by atoms with Gasteiger partial charge in [-0.3, -0.25) is 0 Å². The van der Waals surface area contributed by atoms with Crippen LogP contribution in [0.4, 0.5) is 10.7 Å². The second-order valence-electron chi connectivity index (χ2n) is 4.40. The van der Waals surface area contributed by atoms with Crippen LogP contribution in [0.3, 0.4) is 0 Å². The van der Waals surface area contributed by atoms with E-state index in [0.717, 1.165) is 30.8 Å². The number of nitrogens with two attached hydrogens (primary N) is 1. The Labute approximate surface area is 121 Å². The van der Waals surface area contributed by atoms with Crippen molar-refractivity contribution < 1.29 is 14.3 Å². The number of nitriles is 1. The van der Waals surface area contributed by atoms with Gasteiger partial charge in [-0.15, -0.1) is 11.3 Å². The lowest BCUT2D eigenvalue weighted by atomic mass is 10.2. The number of anilines is 2. The number of carbonyl (C=O) groups excluding carboxylic acids is 1. The zero-order chi connectivity index (χ0) is 14.5. The van der Waals surface area contributed by atoms with E-state index in [9.17, 15) is 4.79 Å². The lowest BCUT2D eigenvalue weighted by Crippen LogP contribution is -2.18. The minimum absolute atomic E-state index is 0.149. The predicted octanol–water partition coefficient (Wildman–Crippen LogP) is 1.97. The maximum absolute atomic E-state index is 11.8. The van der Waals surface area contributed by atoms with E-state index in [1.807, 2.05) is 6.07 Å². The molecular weight excluding hydrogens is 278 g/mol. The standard InChI is InChI=1S/C13H17N3O3S/c1-2-18-13(17)11-10(15)9(6-14)12(20-11)16-7-8-4-3-5-19-8/h8,16H,2-5,7,15H2,1H3. The number of nitrogens with one attached hydrogen (secondary N) is 1. The van der Waals surface area contributed by atoms with Crippen LogP contribution >= 0.6 is 11.3 Å². The fourth-order valence-electron chi connectivity index (χ4n) is 2.04. The SMILES string of the molecule is CCOC(=O)c1sc(NCC2CCCO2)c(C#N)c1N. The highest BCUT2D eigenvalue weighted by Crippen LogP contribution is 2.35. The van der Waals surface area contributed by atoms with E-state index in [1.54, 1.807) is 6.92 Å². The summed E-state index contributed by atoms with van der Waals surface area (Å²) < 4.78 is 10.4. The molecule has 1 unspecified atom stereocenters. The largest absolute Gasteiger partial charge is 0.462 e. The summed E-state index contributed by atoms with van der Waals surface area (Å²) in [6.07, 6.45) is 2.20. The van der Waals surface area contributed by atoms with Crippen molar-refractivity contribution in [1.29, 1.82) is 5.26 Å². The summed E-state index contributed by atoms with van der Waals surface area (Å²) in [6, 6.07) is 2.03. The average molecular weight is 295 g/mol. The van der Waals surface area contributed by atoms with Gasteiger partial charge < -0.3 is 20.5 Å². The van der Waals surface area contributed by atoms with E-state index in [4.69, 9.17) is 20.5 Å². The van der Waals surface area contributed by atoms with Crippen molar-refractivity contribution in [2.45, 2.75) is 25.9 Å². The van der Waals surface area contributed by atoms with Gasteiger partial charge in [-0.25, -0.2) is 4.79 Å². The van der Waals surface area contributed by atoms with Crippen molar-refractivity contribution in [2.75, 3.05) is 30.8 Å². The summed E-state index contributed by atoms with van der Waals surface area (Å²) in [5, 5.41) is 12.9. The molecular formula is C13H17N3O3S. The van der Waals surface area contributed by atoms with Crippen LogP contribution < -0.4 is 11.1 Å². The number of esters is 1. The quantitative estimate of drug-likeness (QED) is 0.806. The summed E-state index contributed by atoms with van der Waals surface area (Å²) in [5.74, 6) is -0.489. The third kappa shape index (κ3) is 3.03. The summed E-state index contributed by atoms with van der Waals surface area (Å²) in [4.78, 5) is 12.0. The highest BCUT2D eigenvalue weighted by molar-refractivity contribution is 7.18. The molecule has 1 aliphatic rings. The first-order chi connectivity index (χ1) is 9.67. The predicted molar refractivity (Wildman–Crippen MR) is 76.9 cm³/mol. The molecule has 0 spiro atoms. The van der Waals surface area contributed by atoms with E-state index in [0.29, 0.717) is 17.1 Å². The number of nitrogens with zero attached hydrogens (tertiary/aromatic N) is 1. The van der Waals surface area contributed by atoms with E-state index >= 15 is 0 Å². The minimum atomic E-state index is -0.489. The molecule has 0 bridgehead atoms. The normalized spacial score (nSPS) is 17.7. The molecule has 0 radical (unpaired) electrons. The van der Waals surface area contributed by atoms with E-state index in [-0.39, 0.29) is 23.3 Å². The molecule has 0 saturated carbocycles. The van der Waals surface area contributed by atoms with Gasteiger partial charge in [0.1, 0.15) is 21.5 Å². The molecule has 0 aromatic carbocycles. The molecule has 20 heavy (non-hydrogen) atoms. The van der Waals surface area contributed by atoms with Gasteiger partial charge in [0.2, 0.25) is 0 Å². The fourth-order valence-corrected chi connectivity index (χ4v) is 3.01. The van der Waals surface area contributed by atoms with Crippen molar-refractivity contribution in [3.05, 3.63) is 10.4 Å². The minimum Gasteiger partial charge on any atom is -0.462 e. The van der Waals surface area contributed by atoms with Crippen molar-refractivity contribution >= 4 is 28.0 Å². The first-order valence-corrected chi connectivity index (χ1v) is 7.34. The van der Waals surface area contributed by atoms with Crippen LogP contribution in [0.5, 0.6) is 0 Å². The van der Waals surface area contributed by atoms with Gasteiger partial charge in [0.15, 0.2) is 0 Å². The van der Waals surface area contributed by atoms with Gasteiger partial charge in [-0.05, 0) is 19.8 Å². The zero-order valence-electron chi connectivity index (χ0n) is 11.3. The van der Waals surface area contributed by atoms with Crippen LogP contribution in [0.25, 0.3) is 0 Å². The van der Waals surface area contributed by atoms with Crippen molar-refractivity contribution in [3.63, 3.8) is 0 Å². The molecule has 1 aromatic rings. The van der Waals surface area contributed by atoms with Gasteiger partial charge >= 0.3 is 5.97 Å². The molecule has 2 rings (SSSR count). The second-order valence-corrected chi connectivity index (χ2v) is 5.42. The number of ether oxygens (including phenoxy) is 2. The number of hydrogen-bond acceptors (Lipinski definition) is 7. The Morgan fingerprint density at radius 1 is 1.70 bits per heavy atom. The van der Waals surface area contributed by atoms with Gasteiger partial charge in [0.25, 0.3) is 0 Å². The number of thiophene rings is 1. The topological polar surface area (TPSA) is 97.4 Å². The monoisotopic (exact) mass is 295 g/mol. The lowest BCUT2D eigenvalue weighted by Gasteiger charge is -2.10. The number of rotatable bonds is 5. The van der Waals surface area contributed by atoms with Crippen LogP contribution in [0.15, 0.2) is 0 Å². The molecule has 7 heteroatoms. The molecule has 108 valence electrons. The highest BCUT2D eigenvalue weighted by Gasteiger charge is 2.23. The highest BCUT2D eigenvalue weighted by atomic mass is 32.1. The van der Waals surface area contributed by atoms with Gasteiger partial charge in [-0.2, -0.15) is 5.26 Å². The first kappa shape index (κ1) is 14.6. The summed E-state index contributed by atoms with van der Waals surface area (Å²) in [6.45, 7) is 3.38. The van der Waals surface area contributed by atoms with Crippen molar-refractivity contribution in [3.8, 4) is 6.07 Å². The molecule has 2 heterocycles. The average Bonchev–Trinajstić information content (AvgIpc) is 3.04. The van der Waals surface area contributed by atoms with Crippen LogP contribution in [-0.2, 0) is 9.47 Å². The molecule has 0 aliphatic carbocycles. The Balaban J connectivity index is 2.13. The van der Waals surface area contributed by atoms with Crippen LogP contribution in [0, 0.1) is 11.3 Å². The molecule has 1 aliphatic heterocycles. The first-order valence-electron chi connectivity index (χ1n) is 6.52. The fraction of sp³-hybridized carbons (Fsp3) is 0.538. The Morgan fingerprint density at radius 3 is 3.10 bits per heavy atom. The zero-order valence-corrected chi connectivity index (χ0v) is 12.1. The summed E-state index contributed by atoms with van der Waals surface area (Å²) >= 11 is 1.15. The lowest BCUT2D eigenvalue weighted by molar-refractivity contribution is 0.0533. The van der Waals surface area contributed by atoms with Gasteiger partial charge in [-0.1, -0.05) is 0 Å². The Bertz CT molecular complexity index is 530. The Morgan fingerprint density at radius 2 is 2.50 bits per heavy atom. The molecule has 0 amide bonds. The summed E-state index contributed by atoms with van der Waals surface area (Å²) in [5.41, 5.74) is 6.33. The van der Waals surface area contributed by atoms with Crippen LogP contribution in [0.2, 0.25) is 0 Å². The van der Waals surface area contributed by atoms with Crippen LogP contribution in [-0.4, -0.2) is 31.8 Å². The third-order valence-corrected chi connectivity index (χ3v) is 4.18. The molecule has 1 atom stereocenters. The van der Waals surface area contributed by atoms with E-state index in [2.05, 4.69) is 5.32 Å².